The van der Waals surface area contributed by atoms with Crippen LogP contribution in [0.15, 0.2) is 0 Å². The highest BCUT2D eigenvalue weighted by Gasteiger charge is 2.41. The largest absolute Gasteiger partial charge is 0.373 e. The Morgan fingerprint density at radius 1 is 1.23 bits per heavy atom. The minimum atomic E-state index is 0.368. The first-order chi connectivity index (χ1) is 5.73. The van der Waals surface area contributed by atoms with Gasteiger partial charge in [0.2, 0.25) is 0 Å². The molecule has 78 valence electrons. The van der Waals surface area contributed by atoms with Crippen LogP contribution in [0.25, 0.3) is 0 Å². The molecule has 1 fully saturated rings. The van der Waals surface area contributed by atoms with Gasteiger partial charge in [-0.2, -0.15) is 0 Å². The second-order valence-corrected chi connectivity index (χ2v) is 6.28. The summed E-state index contributed by atoms with van der Waals surface area (Å²) in [5, 5.41) is 0. The number of ether oxygens (including phenoxy) is 1. The monoisotopic (exact) mass is 184 g/mol. The van der Waals surface area contributed by atoms with Crippen molar-refractivity contribution < 1.29 is 4.74 Å². The summed E-state index contributed by atoms with van der Waals surface area (Å²) in [5.41, 5.74) is 0.791. The molecule has 0 spiro atoms. The van der Waals surface area contributed by atoms with Gasteiger partial charge in [-0.25, -0.2) is 0 Å². The summed E-state index contributed by atoms with van der Waals surface area (Å²) in [7, 11) is 0. The average molecular weight is 184 g/mol. The smallest absolute Gasteiger partial charge is 0.0860 e. The van der Waals surface area contributed by atoms with Gasteiger partial charge in [0, 0.05) is 0 Å². The van der Waals surface area contributed by atoms with Crippen molar-refractivity contribution in [2.24, 2.45) is 16.7 Å². The number of hydrogen-bond acceptors (Lipinski definition) is 1. The molecule has 1 aliphatic rings. The Morgan fingerprint density at radius 3 is 2.00 bits per heavy atom. The van der Waals surface area contributed by atoms with E-state index in [0.717, 1.165) is 12.5 Å². The van der Waals surface area contributed by atoms with Crippen LogP contribution in [0.5, 0.6) is 0 Å². The summed E-state index contributed by atoms with van der Waals surface area (Å²) in [6, 6.07) is 0. The zero-order valence-electron chi connectivity index (χ0n) is 9.98. The Bertz CT molecular complexity index is 172. The molecular formula is C12H24O. The van der Waals surface area contributed by atoms with E-state index in [0.29, 0.717) is 16.9 Å². The summed E-state index contributed by atoms with van der Waals surface area (Å²) >= 11 is 0. The van der Waals surface area contributed by atoms with E-state index in [1.165, 1.54) is 6.42 Å². The normalized spacial score (nSPS) is 25.8. The maximum Gasteiger partial charge on any atom is 0.0860 e. The lowest BCUT2D eigenvalue weighted by molar-refractivity contribution is 0.139. The van der Waals surface area contributed by atoms with Crippen LogP contribution < -0.4 is 0 Å². The Labute approximate surface area is 82.9 Å². The van der Waals surface area contributed by atoms with Crippen LogP contribution in [0.3, 0.4) is 0 Å². The average Bonchev–Trinajstić information content (AvgIpc) is 2.62. The van der Waals surface area contributed by atoms with Crippen LogP contribution in [-0.4, -0.2) is 12.7 Å². The van der Waals surface area contributed by atoms with Gasteiger partial charge in [0.1, 0.15) is 0 Å². The highest BCUT2D eigenvalue weighted by atomic mass is 16.6. The molecule has 0 aliphatic carbocycles. The first-order valence-corrected chi connectivity index (χ1v) is 5.35. The van der Waals surface area contributed by atoms with Gasteiger partial charge < -0.3 is 4.74 Å². The molecule has 2 atom stereocenters. The molecule has 1 saturated heterocycles. The van der Waals surface area contributed by atoms with Crippen molar-refractivity contribution in [3.8, 4) is 0 Å². The predicted octanol–water partition coefficient (Wildman–Crippen LogP) is 3.48. The second-order valence-electron chi connectivity index (χ2n) is 6.28. The molecule has 1 heterocycles. The van der Waals surface area contributed by atoms with E-state index in [1.54, 1.807) is 0 Å². The van der Waals surface area contributed by atoms with Crippen molar-refractivity contribution in [2.45, 2.75) is 54.1 Å². The molecule has 0 saturated carbocycles. The van der Waals surface area contributed by atoms with Crippen molar-refractivity contribution in [3.05, 3.63) is 0 Å². The fraction of sp³-hybridized carbons (Fsp3) is 1.00. The molecule has 1 nitrogen and oxygen atoms in total. The van der Waals surface area contributed by atoms with E-state index in [9.17, 15) is 0 Å². The van der Waals surface area contributed by atoms with Gasteiger partial charge in [0.15, 0.2) is 0 Å². The Kier molecular flexibility index (Phi) is 2.78. The molecule has 0 bridgehead atoms. The van der Waals surface area contributed by atoms with Crippen LogP contribution in [0.2, 0.25) is 0 Å². The van der Waals surface area contributed by atoms with Gasteiger partial charge in [0.05, 0.1) is 12.7 Å². The highest BCUT2D eigenvalue weighted by molar-refractivity contribution is 4.89. The van der Waals surface area contributed by atoms with Crippen molar-refractivity contribution in [2.75, 3.05) is 6.61 Å². The third kappa shape index (κ3) is 2.98. The molecule has 1 aliphatic heterocycles. The topological polar surface area (TPSA) is 12.5 Å². The van der Waals surface area contributed by atoms with Crippen molar-refractivity contribution in [3.63, 3.8) is 0 Å². The molecule has 0 amide bonds. The van der Waals surface area contributed by atoms with Crippen molar-refractivity contribution in [1.82, 2.24) is 0 Å². The van der Waals surface area contributed by atoms with Crippen LogP contribution in [0.1, 0.15) is 48.0 Å². The van der Waals surface area contributed by atoms with Gasteiger partial charge in [-0.3, -0.25) is 0 Å². The highest BCUT2D eigenvalue weighted by Crippen LogP contribution is 2.42. The molecular weight excluding hydrogens is 160 g/mol. The van der Waals surface area contributed by atoms with E-state index in [-0.39, 0.29) is 0 Å². The maximum atomic E-state index is 5.39. The summed E-state index contributed by atoms with van der Waals surface area (Å²) in [4.78, 5) is 0. The van der Waals surface area contributed by atoms with Gasteiger partial charge in [-0.15, -0.1) is 0 Å². The molecule has 0 aromatic rings. The Hall–Kier alpha value is -0.0400. The lowest BCUT2D eigenvalue weighted by Crippen LogP contribution is -2.28. The van der Waals surface area contributed by atoms with Crippen molar-refractivity contribution in [1.29, 1.82) is 0 Å². The number of hydrogen-bond donors (Lipinski definition) is 0. The van der Waals surface area contributed by atoms with E-state index in [1.807, 2.05) is 0 Å². The van der Waals surface area contributed by atoms with Crippen molar-refractivity contribution >= 4 is 0 Å². The van der Waals surface area contributed by atoms with Gasteiger partial charge in [-0.1, -0.05) is 41.5 Å². The summed E-state index contributed by atoms with van der Waals surface area (Å²) in [6.07, 6.45) is 1.79. The minimum Gasteiger partial charge on any atom is -0.373 e. The first-order valence-electron chi connectivity index (χ1n) is 5.35. The van der Waals surface area contributed by atoms with Gasteiger partial charge >= 0.3 is 0 Å². The molecule has 0 radical (unpaired) electrons. The van der Waals surface area contributed by atoms with E-state index < -0.39 is 0 Å². The molecule has 1 rings (SSSR count). The summed E-state index contributed by atoms with van der Waals surface area (Å²) < 4.78 is 5.39. The van der Waals surface area contributed by atoms with Gasteiger partial charge in [-0.05, 0) is 23.2 Å². The van der Waals surface area contributed by atoms with Crippen LogP contribution in [0, 0.1) is 16.7 Å². The standard InChI is InChI=1S/C12H24O/c1-9(11(2,3)4)7-12(5,6)10-8-13-10/h9-10H,7-8H2,1-6H3. The molecule has 0 aromatic heterocycles. The van der Waals surface area contributed by atoms with E-state index in [2.05, 4.69) is 41.5 Å². The number of epoxide rings is 1. The lowest BCUT2D eigenvalue weighted by Gasteiger charge is -2.34. The Balaban J connectivity index is 2.47. The molecule has 2 unspecified atom stereocenters. The van der Waals surface area contributed by atoms with E-state index in [4.69, 9.17) is 4.74 Å². The SMILES string of the molecule is CC(CC(C)(C)C1CO1)C(C)(C)C. The zero-order chi connectivity index (χ0) is 10.3. The predicted molar refractivity (Wildman–Crippen MR) is 56.8 cm³/mol. The van der Waals surface area contributed by atoms with Crippen LogP contribution in [-0.2, 0) is 4.74 Å². The fourth-order valence-corrected chi connectivity index (χ4v) is 1.73. The number of rotatable bonds is 3. The maximum absolute atomic E-state index is 5.39. The molecule has 1 heteroatoms. The van der Waals surface area contributed by atoms with Gasteiger partial charge in [0.25, 0.3) is 0 Å². The molecule has 13 heavy (non-hydrogen) atoms. The van der Waals surface area contributed by atoms with E-state index >= 15 is 0 Å². The van der Waals surface area contributed by atoms with Crippen LogP contribution >= 0.6 is 0 Å². The summed E-state index contributed by atoms with van der Waals surface area (Å²) in [6.45, 7) is 14.9. The zero-order valence-corrected chi connectivity index (χ0v) is 9.98. The molecule has 0 aromatic carbocycles. The van der Waals surface area contributed by atoms with Crippen LogP contribution in [0.4, 0.5) is 0 Å². The first kappa shape index (κ1) is 11.0. The third-order valence-corrected chi connectivity index (χ3v) is 3.52. The second kappa shape index (κ2) is 3.27. The molecule has 0 N–H and O–H groups in total. The quantitative estimate of drug-likeness (QED) is 0.612. The summed E-state index contributed by atoms with van der Waals surface area (Å²) in [5.74, 6) is 0.756. The minimum absolute atomic E-state index is 0.368. The fourth-order valence-electron chi connectivity index (χ4n) is 1.73. The Morgan fingerprint density at radius 2 is 1.69 bits per heavy atom. The third-order valence-electron chi connectivity index (χ3n) is 3.52. The lowest BCUT2D eigenvalue weighted by atomic mass is 9.71.